The minimum absolute atomic E-state index is 0.00908. The monoisotopic (exact) mass is 390 g/mol. The van der Waals surface area contributed by atoms with Gasteiger partial charge in [0.1, 0.15) is 23.6 Å². The fourth-order valence-corrected chi connectivity index (χ4v) is 2.92. The second-order valence-electron chi connectivity index (χ2n) is 6.88. The normalized spacial score (nSPS) is 10.6. The molecule has 1 heterocycles. The smallest absolute Gasteiger partial charge is 0.274 e. The van der Waals surface area contributed by atoms with Crippen LogP contribution in [0, 0.1) is 0 Å². The first-order valence-corrected chi connectivity index (χ1v) is 9.74. The van der Waals surface area contributed by atoms with Crippen molar-refractivity contribution in [1.82, 2.24) is 9.97 Å². The lowest BCUT2D eigenvalue weighted by atomic mass is 10.2. The number of benzene rings is 2. The number of carbonyl (C=O) groups is 1. The topological polar surface area (TPSA) is 67.4 Å². The van der Waals surface area contributed by atoms with Gasteiger partial charge in [0.25, 0.3) is 5.91 Å². The van der Waals surface area contributed by atoms with Crippen molar-refractivity contribution >= 4 is 17.4 Å². The molecule has 1 N–H and O–H groups in total. The van der Waals surface area contributed by atoms with Crippen molar-refractivity contribution in [3.8, 4) is 5.75 Å². The Morgan fingerprint density at radius 3 is 2.52 bits per heavy atom. The van der Waals surface area contributed by atoms with Crippen LogP contribution in [0.5, 0.6) is 5.75 Å². The van der Waals surface area contributed by atoms with E-state index in [4.69, 9.17) is 4.74 Å². The van der Waals surface area contributed by atoms with E-state index in [1.54, 1.807) is 6.07 Å². The lowest BCUT2D eigenvalue weighted by Gasteiger charge is -2.22. The second kappa shape index (κ2) is 9.68. The summed E-state index contributed by atoms with van der Waals surface area (Å²) >= 11 is 0. The highest BCUT2D eigenvalue weighted by atomic mass is 16.5. The van der Waals surface area contributed by atoms with Crippen LogP contribution in [-0.2, 0) is 6.54 Å². The van der Waals surface area contributed by atoms with E-state index in [0.717, 1.165) is 6.54 Å². The molecule has 0 fully saturated rings. The van der Waals surface area contributed by atoms with Gasteiger partial charge in [0, 0.05) is 19.2 Å². The predicted octanol–water partition coefficient (Wildman–Crippen LogP) is 4.54. The zero-order valence-corrected chi connectivity index (χ0v) is 17.0. The van der Waals surface area contributed by atoms with Crippen LogP contribution in [0.25, 0.3) is 0 Å². The van der Waals surface area contributed by atoms with E-state index in [-0.39, 0.29) is 12.0 Å². The number of anilines is 2. The Bertz CT molecular complexity index is 944. The molecule has 0 saturated carbocycles. The summed E-state index contributed by atoms with van der Waals surface area (Å²) in [5, 5.41) is 2.89. The molecule has 0 spiro atoms. The lowest BCUT2D eigenvalue weighted by Crippen LogP contribution is -2.24. The number of nitrogens with one attached hydrogen (secondary N) is 1. The third kappa shape index (κ3) is 5.54. The van der Waals surface area contributed by atoms with Crippen LogP contribution in [0.4, 0.5) is 11.5 Å². The van der Waals surface area contributed by atoms with Crippen molar-refractivity contribution in [3.63, 3.8) is 0 Å². The van der Waals surface area contributed by atoms with Gasteiger partial charge in [-0.2, -0.15) is 0 Å². The first-order chi connectivity index (χ1) is 14.1. The van der Waals surface area contributed by atoms with Crippen LogP contribution in [0.2, 0.25) is 0 Å². The van der Waals surface area contributed by atoms with Gasteiger partial charge in [-0.1, -0.05) is 42.5 Å². The molecule has 0 atom stereocenters. The molecule has 0 saturated heterocycles. The van der Waals surface area contributed by atoms with E-state index >= 15 is 0 Å². The molecule has 6 heteroatoms. The van der Waals surface area contributed by atoms with Crippen molar-refractivity contribution < 1.29 is 9.53 Å². The summed E-state index contributed by atoms with van der Waals surface area (Å²) in [6, 6.07) is 19.3. The summed E-state index contributed by atoms with van der Waals surface area (Å²) in [5.41, 5.74) is 2.10. The van der Waals surface area contributed by atoms with Gasteiger partial charge in [0.15, 0.2) is 0 Å². The van der Waals surface area contributed by atoms with Gasteiger partial charge in [-0.15, -0.1) is 0 Å². The summed E-state index contributed by atoms with van der Waals surface area (Å²) in [4.78, 5) is 23.4. The van der Waals surface area contributed by atoms with Gasteiger partial charge in [-0.05, 0) is 38.5 Å². The first-order valence-electron chi connectivity index (χ1n) is 9.74. The maximum atomic E-state index is 12.8. The third-order valence-corrected chi connectivity index (χ3v) is 4.31. The Kier molecular flexibility index (Phi) is 6.79. The van der Waals surface area contributed by atoms with Crippen LogP contribution < -0.4 is 15.0 Å². The van der Waals surface area contributed by atoms with Crippen LogP contribution in [-0.4, -0.2) is 28.5 Å². The molecule has 0 aliphatic carbocycles. The number of ether oxygens (including phenoxy) is 1. The zero-order chi connectivity index (χ0) is 20.6. The van der Waals surface area contributed by atoms with E-state index in [2.05, 4.69) is 39.2 Å². The highest BCUT2D eigenvalue weighted by Gasteiger charge is 2.15. The fourth-order valence-electron chi connectivity index (χ4n) is 2.92. The molecule has 6 nitrogen and oxygen atoms in total. The molecule has 0 aliphatic rings. The van der Waals surface area contributed by atoms with Crippen LogP contribution in [0.3, 0.4) is 0 Å². The van der Waals surface area contributed by atoms with Gasteiger partial charge in [0.05, 0.1) is 11.8 Å². The second-order valence-corrected chi connectivity index (χ2v) is 6.88. The Morgan fingerprint density at radius 1 is 1.07 bits per heavy atom. The van der Waals surface area contributed by atoms with E-state index in [1.807, 2.05) is 56.3 Å². The van der Waals surface area contributed by atoms with Crippen LogP contribution >= 0.6 is 0 Å². The molecule has 1 aromatic heterocycles. The minimum Gasteiger partial charge on any atom is -0.489 e. The summed E-state index contributed by atoms with van der Waals surface area (Å²) in [7, 11) is 0. The number of amides is 1. The largest absolute Gasteiger partial charge is 0.489 e. The fraction of sp³-hybridized carbons (Fsp3) is 0.261. The van der Waals surface area contributed by atoms with E-state index in [0.29, 0.717) is 29.5 Å². The van der Waals surface area contributed by atoms with Gasteiger partial charge in [0.2, 0.25) is 0 Å². The Hall–Kier alpha value is -3.41. The number of aromatic nitrogens is 2. The summed E-state index contributed by atoms with van der Waals surface area (Å²) in [6.07, 6.45) is 1.43. The number of carbonyl (C=O) groups excluding carboxylic acids is 1. The van der Waals surface area contributed by atoms with E-state index in [1.165, 1.54) is 11.9 Å². The SMILES string of the molecule is CCN(Cc1ccccc1)c1cc(C(=O)Nc2ccccc2OC(C)C)ncn1. The summed E-state index contributed by atoms with van der Waals surface area (Å²) in [6.45, 7) is 7.42. The quantitative estimate of drug-likeness (QED) is 0.611. The first kappa shape index (κ1) is 20.3. The van der Waals surface area contributed by atoms with Gasteiger partial charge in [-0.25, -0.2) is 9.97 Å². The number of hydrogen-bond donors (Lipinski definition) is 1. The molecule has 1 amide bonds. The molecule has 0 unspecified atom stereocenters. The van der Waals surface area contributed by atoms with Crippen molar-refractivity contribution in [2.24, 2.45) is 0 Å². The maximum absolute atomic E-state index is 12.8. The molecule has 150 valence electrons. The number of rotatable bonds is 8. The number of hydrogen-bond acceptors (Lipinski definition) is 5. The summed E-state index contributed by atoms with van der Waals surface area (Å²) < 4.78 is 5.77. The van der Waals surface area contributed by atoms with E-state index in [9.17, 15) is 4.79 Å². The number of para-hydroxylation sites is 2. The third-order valence-electron chi connectivity index (χ3n) is 4.31. The maximum Gasteiger partial charge on any atom is 0.274 e. The molecule has 0 bridgehead atoms. The molecular weight excluding hydrogens is 364 g/mol. The van der Waals surface area contributed by atoms with Gasteiger partial charge >= 0.3 is 0 Å². The van der Waals surface area contributed by atoms with Crippen molar-refractivity contribution in [3.05, 3.63) is 78.2 Å². The average molecular weight is 390 g/mol. The molecule has 0 aliphatic heterocycles. The Balaban J connectivity index is 1.77. The van der Waals surface area contributed by atoms with Crippen LogP contribution in [0.1, 0.15) is 36.8 Å². The molecule has 0 radical (unpaired) electrons. The molecule has 3 rings (SSSR count). The van der Waals surface area contributed by atoms with Crippen molar-refractivity contribution in [1.29, 1.82) is 0 Å². The predicted molar refractivity (Wildman–Crippen MR) is 115 cm³/mol. The Labute approximate surface area is 171 Å². The highest BCUT2D eigenvalue weighted by molar-refractivity contribution is 6.04. The minimum atomic E-state index is -0.302. The standard InChI is InChI=1S/C23H26N4O2/c1-4-27(15-18-10-6-5-7-11-18)22-14-20(24-16-25-22)23(28)26-19-12-8-9-13-21(19)29-17(2)3/h5-14,16-17H,4,15H2,1-3H3,(H,26,28). The zero-order valence-electron chi connectivity index (χ0n) is 17.0. The van der Waals surface area contributed by atoms with E-state index < -0.39 is 0 Å². The van der Waals surface area contributed by atoms with Crippen LogP contribution in [0.15, 0.2) is 67.0 Å². The molecule has 3 aromatic rings. The number of nitrogens with zero attached hydrogens (tertiary/aromatic N) is 3. The van der Waals surface area contributed by atoms with Gasteiger partial charge < -0.3 is 15.0 Å². The highest BCUT2D eigenvalue weighted by Crippen LogP contribution is 2.25. The lowest BCUT2D eigenvalue weighted by molar-refractivity contribution is 0.102. The van der Waals surface area contributed by atoms with Crippen molar-refractivity contribution in [2.45, 2.75) is 33.4 Å². The summed E-state index contributed by atoms with van der Waals surface area (Å²) in [5.74, 6) is 1.04. The molecular formula is C23H26N4O2. The van der Waals surface area contributed by atoms with Crippen molar-refractivity contribution in [2.75, 3.05) is 16.8 Å². The average Bonchev–Trinajstić information content (AvgIpc) is 2.74. The van der Waals surface area contributed by atoms with Gasteiger partial charge in [-0.3, -0.25) is 4.79 Å². The molecule has 2 aromatic carbocycles. The Morgan fingerprint density at radius 2 is 1.79 bits per heavy atom. The molecule has 29 heavy (non-hydrogen) atoms.